The Morgan fingerprint density at radius 1 is 1.05 bits per heavy atom. The molecule has 1 aliphatic heterocycles. The quantitative estimate of drug-likeness (QED) is 0.940. The van der Waals surface area contributed by atoms with Crippen LogP contribution in [0, 0.1) is 0 Å². The van der Waals surface area contributed by atoms with Crippen molar-refractivity contribution in [3.63, 3.8) is 0 Å². The average molecular weight is 290 g/mol. The van der Waals surface area contributed by atoms with E-state index < -0.39 is 0 Å². The van der Waals surface area contributed by atoms with Crippen molar-refractivity contribution in [1.29, 1.82) is 0 Å². The monoisotopic (exact) mass is 289 g/mol. The van der Waals surface area contributed by atoms with Gasteiger partial charge in [0, 0.05) is 23.8 Å². The topological polar surface area (TPSA) is 53.9 Å². The van der Waals surface area contributed by atoms with Crippen LogP contribution in [0.25, 0.3) is 0 Å². The van der Waals surface area contributed by atoms with Gasteiger partial charge in [0.15, 0.2) is 5.82 Å². The molecule has 2 heterocycles. The van der Waals surface area contributed by atoms with Crippen LogP contribution in [-0.2, 0) is 0 Å². The maximum absolute atomic E-state index is 5.87. The fourth-order valence-electron chi connectivity index (χ4n) is 2.26. The van der Waals surface area contributed by atoms with Gasteiger partial charge in [0.05, 0.1) is 6.20 Å². The van der Waals surface area contributed by atoms with Crippen molar-refractivity contribution >= 4 is 29.1 Å². The normalized spacial score (nSPS) is 15.2. The van der Waals surface area contributed by atoms with Gasteiger partial charge in [-0.25, -0.2) is 0 Å². The van der Waals surface area contributed by atoms with Gasteiger partial charge in [-0.15, -0.1) is 5.10 Å². The molecule has 0 unspecified atom stereocenters. The Bertz CT molecular complexity index is 566. The predicted molar refractivity (Wildman–Crippen MR) is 80.6 cm³/mol. The lowest BCUT2D eigenvalue weighted by Crippen LogP contribution is -2.31. The van der Waals surface area contributed by atoms with Crippen LogP contribution in [0.2, 0.25) is 5.02 Å². The second-order valence-corrected chi connectivity index (χ2v) is 5.26. The molecule has 5 nitrogen and oxygen atoms in total. The van der Waals surface area contributed by atoms with Crippen LogP contribution in [0.15, 0.2) is 30.5 Å². The van der Waals surface area contributed by atoms with Gasteiger partial charge in [0.2, 0.25) is 5.95 Å². The van der Waals surface area contributed by atoms with Crippen molar-refractivity contribution in [1.82, 2.24) is 15.2 Å². The summed E-state index contributed by atoms with van der Waals surface area (Å²) in [6, 6.07) is 7.49. The van der Waals surface area contributed by atoms with Gasteiger partial charge in [0.25, 0.3) is 0 Å². The van der Waals surface area contributed by atoms with Gasteiger partial charge in [0.1, 0.15) is 0 Å². The Morgan fingerprint density at radius 3 is 2.55 bits per heavy atom. The minimum atomic E-state index is 0.697. The van der Waals surface area contributed by atoms with E-state index in [4.69, 9.17) is 11.6 Å². The molecule has 1 saturated heterocycles. The molecule has 0 spiro atoms. The highest BCUT2D eigenvalue weighted by molar-refractivity contribution is 6.30. The molecule has 2 aromatic rings. The Hall–Kier alpha value is -1.88. The zero-order valence-electron chi connectivity index (χ0n) is 11.1. The summed E-state index contributed by atoms with van der Waals surface area (Å²) in [5, 5.41) is 12.1. The standard InChI is InChI=1S/C14H16ClN5/c15-11-4-6-12(7-5-11)17-13-10-16-19-14(18-13)20-8-2-1-3-9-20/h4-7,10H,1-3,8-9H2,(H,17,18,19). The second kappa shape index (κ2) is 6.05. The number of hydrogen-bond donors (Lipinski definition) is 1. The maximum Gasteiger partial charge on any atom is 0.247 e. The summed E-state index contributed by atoms with van der Waals surface area (Å²) < 4.78 is 0. The fourth-order valence-corrected chi connectivity index (χ4v) is 2.39. The molecule has 1 N–H and O–H groups in total. The number of piperidine rings is 1. The molecular weight excluding hydrogens is 274 g/mol. The van der Waals surface area contributed by atoms with Crippen molar-refractivity contribution in [3.8, 4) is 0 Å². The number of benzene rings is 1. The first-order valence-electron chi connectivity index (χ1n) is 6.78. The van der Waals surface area contributed by atoms with Crippen molar-refractivity contribution < 1.29 is 0 Å². The molecule has 0 atom stereocenters. The number of halogens is 1. The number of rotatable bonds is 3. The highest BCUT2D eigenvalue weighted by Gasteiger charge is 2.14. The summed E-state index contributed by atoms with van der Waals surface area (Å²) in [6.07, 6.45) is 5.30. The van der Waals surface area contributed by atoms with Gasteiger partial charge < -0.3 is 10.2 Å². The summed E-state index contributed by atoms with van der Waals surface area (Å²) in [4.78, 5) is 6.71. The van der Waals surface area contributed by atoms with Crippen LogP contribution in [0.1, 0.15) is 19.3 Å². The highest BCUT2D eigenvalue weighted by atomic mass is 35.5. The number of hydrogen-bond acceptors (Lipinski definition) is 5. The predicted octanol–water partition coefficient (Wildman–Crippen LogP) is 3.26. The van der Waals surface area contributed by atoms with Gasteiger partial charge in [-0.1, -0.05) is 11.6 Å². The molecule has 1 fully saturated rings. The third-order valence-corrected chi connectivity index (χ3v) is 3.56. The number of aromatic nitrogens is 3. The lowest BCUT2D eigenvalue weighted by Gasteiger charge is -2.26. The van der Waals surface area contributed by atoms with E-state index >= 15 is 0 Å². The largest absolute Gasteiger partial charge is 0.339 e. The van der Waals surface area contributed by atoms with Crippen LogP contribution in [-0.4, -0.2) is 28.3 Å². The molecular formula is C14H16ClN5. The molecule has 0 amide bonds. The molecule has 104 valence electrons. The number of anilines is 3. The van der Waals surface area contributed by atoms with E-state index in [1.54, 1.807) is 6.20 Å². The van der Waals surface area contributed by atoms with Gasteiger partial charge in [-0.3, -0.25) is 0 Å². The number of nitrogens with one attached hydrogen (secondary N) is 1. The van der Waals surface area contributed by atoms with Crippen molar-refractivity contribution in [2.24, 2.45) is 0 Å². The summed E-state index contributed by atoms with van der Waals surface area (Å²) in [6.45, 7) is 2.01. The van der Waals surface area contributed by atoms with Crippen molar-refractivity contribution in [2.75, 3.05) is 23.3 Å². The molecule has 1 aromatic heterocycles. The third kappa shape index (κ3) is 3.17. The Morgan fingerprint density at radius 2 is 1.80 bits per heavy atom. The molecule has 6 heteroatoms. The first kappa shape index (κ1) is 13.1. The maximum atomic E-state index is 5.87. The van der Waals surface area contributed by atoms with E-state index in [-0.39, 0.29) is 0 Å². The zero-order chi connectivity index (χ0) is 13.8. The van der Waals surface area contributed by atoms with E-state index in [9.17, 15) is 0 Å². The van der Waals surface area contributed by atoms with Crippen LogP contribution in [0.5, 0.6) is 0 Å². The van der Waals surface area contributed by atoms with E-state index in [0.717, 1.165) is 18.8 Å². The fraction of sp³-hybridized carbons (Fsp3) is 0.357. The summed E-state index contributed by atoms with van der Waals surface area (Å²) in [5.41, 5.74) is 0.930. The van der Waals surface area contributed by atoms with Crippen molar-refractivity contribution in [2.45, 2.75) is 19.3 Å². The van der Waals surface area contributed by atoms with Gasteiger partial charge >= 0.3 is 0 Å². The Labute approximate surface area is 123 Å². The lowest BCUT2D eigenvalue weighted by molar-refractivity contribution is 0.565. The molecule has 1 aromatic carbocycles. The molecule has 0 saturated carbocycles. The first-order chi connectivity index (χ1) is 9.81. The summed E-state index contributed by atoms with van der Waals surface area (Å²) in [5.74, 6) is 1.39. The van der Waals surface area contributed by atoms with E-state index in [2.05, 4.69) is 25.4 Å². The average Bonchev–Trinajstić information content (AvgIpc) is 2.51. The molecule has 0 aliphatic carbocycles. The SMILES string of the molecule is Clc1ccc(Nc2cnnc(N3CCCCC3)n2)cc1. The zero-order valence-corrected chi connectivity index (χ0v) is 11.8. The molecule has 0 radical (unpaired) electrons. The van der Waals surface area contributed by atoms with E-state index in [1.807, 2.05) is 24.3 Å². The Kier molecular flexibility index (Phi) is 3.97. The van der Waals surface area contributed by atoms with Crippen LogP contribution >= 0.6 is 11.6 Å². The number of nitrogens with zero attached hydrogens (tertiary/aromatic N) is 4. The van der Waals surface area contributed by atoms with Gasteiger partial charge in [-0.2, -0.15) is 10.1 Å². The molecule has 20 heavy (non-hydrogen) atoms. The smallest absolute Gasteiger partial charge is 0.247 e. The summed E-state index contributed by atoms with van der Waals surface area (Å²) >= 11 is 5.87. The van der Waals surface area contributed by atoms with E-state index in [1.165, 1.54) is 19.3 Å². The highest BCUT2D eigenvalue weighted by Crippen LogP contribution is 2.19. The van der Waals surface area contributed by atoms with Crippen molar-refractivity contribution in [3.05, 3.63) is 35.5 Å². The van der Waals surface area contributed by atoms with Crippen LogP contribution < -0.4 is 10.2 Å². The third-order valence-electron chi connectivity index (χ3n) is 3.30. The van der Waals surface area contributed by atoms with Crippen LogP contribution in [0.4, 0.5) is 17.5 Å². The van der Waals surface area contributed by atoms with Gasteiger partial charge in [-0.05, 0) is 43.5 Å². The minimum Gasteiger partial charge on any atom is -0.339 e. The first-order valence-corrected chi connectivity index (χ1v) is 7.16. The summed E-state index contributed by atoms with van der Waals surface area (Å²) in [7, 11) is 0. The molecule has 1 aliphatic rings. The second-order valence-electron chi connectivity index (χ2n) is 4.82. The molecule has 3 rings (SSSR count). The van der Waals surface area contributed by atoms with E-state index in [0.29, 0.717) is 16.8 Å². The van der Waals surface area contributed by atoms with Crippen LogP contribution in [0.3, 0.4) is 0 Å². The molecule has 0 bridgehead atoms. The lowest BCUT2D eigenvalue weighted by atomic mass is 10.1. The minimum absolute atomic E-state index is 0.697. The Balaban J connectivity index is 1.75.